The summed E-state index contributed by atoms with van der Waals surface area (Å²) in [6.07, 6.45) is 1.15. The van der Waals surface area contributed by atoms with Crippen molar-refractivity contribution in [3.63, 3.8) is 0 Å². The summed E-state index contributed by atoms with van der Waals surface area (Å²) in [7, 11) is 3.96. The molecule has 4 nitrogen and oxygen atoms in total. The summed E-state index contributed by atoms with van der Waals surface area (Å²) in [5.41, 5.74) is 1.23. The van der Waals surface area contributed by atoms with Crippen molar-refractivity contribution in [3.8, 4) is 6.07 Å². The molecule has 1 aromatic carbocycles. The van der Waals surface area contributed by atoms with Crippen molar-refractivity contribution in [2.45, 2.75) is 6.42 Å². The van der Waals surface area contributed by atoms with Crippen LogP contribution in [0.4, 0.5) is 0 Å². The van der Waals surface area contributed by atoms with Gasteiger partial charge in [0.1, 0.15) is 0 Å². The first-order valence-corrected chi connectivity index (χ1v) is 6.54. The van der Waals surface area contributed by atoms with Gasteiger partial charge in [0.15, 0.2) is 0 Å². The quantitative estimate of drug-likeness (QED) is 0.826. The van der Waals surface area contributed by atoms with E-state index in [1.165, 1.54) is 0 Å². The maximum atomic E-state index is 12.2. The summed E-state index contributed by atoms with van der Waals surface area (Å²) < 4.78 is 0. The Bertz CT molecular complexity index is 489. The highest BCUT2D eigenvalue weighted by molar-refractivity contribution is 5.94. The van der Waals surface area contributed by atoms with Crippen molar-refractivity contribution in [2.75, 3.05) is 33.7 Å². The topological polar surface area (TPSA) is 47.3 Å². The average Bonchev–Trinajstić information content (AvgIpc) is 2.83. The molecule has 0 saturated carbocycles. The minimum atomic E-state index is 0.0269. The smallest absolute Gasteiger partial charge is 0.253 e. The third-order valence-corrected chi connectivity index (χ3v) is 3.63. The van der Waals surface area contributed by atoms with Gasteiger partial charge in [0, 0.05) is 25.7 Å². The van der Waals surface area contributed by atoms with Crippen LogP contribution in [0.2, 0.25) is 0 Å². The first-order chi connectivity index (χ1) is 9.10. The number of amides is 1. The number of likely N-dealkylation sites (tertiary alicyclic amines) is 1. The number of nitriles is 1. The van der Waals surface area contributed by atoms with E-state index in [2.05, 4.69) is 18.0 Å². The Morgan fingerprint density at radius 1 is 1.47 bits per heavy atom. The molecule has 1 aliphatic heterocycles. The molecule has 0 N–H and O–H groups in total. The van der Waals surface area contributed by atoms with Gasteiger partial charge in [0.05, 0.1) is 11.6 Å². The Morgan fingerprint density at radius 3 is 2.68 bits per heavy atom. The van der Waals surface area contributed by atoms with Gasteiger partial charge in [-0.3, -0.25) is 4.79 Å². The predicted octanol–water partition coefficient (Wildman–Crippen LogP) is 1.58. The van der Waals surface area contributed by atoms with E-state index in [1.54, 1.807) is 29.2 Å². The number of nitrogens with zero attached hydrogens (tertiary/aromatic N) is 3. The van der Waals surface area contributed by atoms with E-state index in [4.69, 9.17) is 5.26 Å². The first-order valence-electron chi connectivity index (χ1n) is 6.54. The molecule has 1 fully saturated rings. The Hall–Kier alpha value is -1.86. The van der Waals surface area contributed by atoms with Crippen LogP contribution in [0.25, 0.3) is 0 Å². The number of rotatable bonds is 3. The van der Waals surface area contributed by atoms with E-state index >= 15 is 0 Å². The fourth-order valence-electron chi connectivity index (χ4n) is 2.55. The Balaban J connectivity index is 1.96. The molecule has 1 aromatic rings. The van der Waals surface area contributed by atoms with Gasteiger partial charge in [-0.05, 0) is 50.2 Å². The second-order valence-electron chi connectivity index (χ2n) is 5.29. The van der Waals surface area contributed by atoms with E-state index in [0.717, 1.165) is 26.1 Å². The minimum absolute atomic E-state index is 0.0269. The zero-order valence-electron chi connectivity index (χ0n) is 11.5. The summed E-state index contributed by atoms with van der Waals surface area (Å²) in [4.78, 5) is 16.3. The summed E-state index contributed by atoms with van der Waals surface area (Å²) in [6.45, 7) is 2.97. The second-order valence-corrected chi connectivity index (χ2v) is 5.29. The Morgan fingerprint density at radius 2 is 2.16 bits per heavy atom. The van der Waals surface area contributed by atoms with Gasteiger partial charge in [-0.15, -0.1) is 0 Å². The van der Waals surface area contributed by atoms with E-state index in [1.807, 2.05) is 7.05 Å². The molecule has 4 heteroatoms. The largest absolute Gasteiger partial charge is 0.341 e. The molecule has 0 aliphatic carbocycles. The Kier molecular flexibility index (Phi) is 4.18. The highest BCUT2D eigenvalue weighted by Gasteiger charge is 2.22. The maximum Gasteiger partial charge on any atom is 0.253 e. The van der Waals surface area contributed by atoms with Gasteiger partial charge < -0.3 is 9.80 Å². The standard InChI is InChI=1S/C15H19N3O/c1-17-8-7-13(10-17)11-18(2)15(19)14-5-3-12(9-16)4-6-14/h3-6,13H,7-8,10-11H2,1-2H3. The van der Waals surface area contributed by atoms with Gasteiger partial charge >= 0.3 is 0 Å². The molecular formula is C15H19N3O. The molecule has 0 aromatic heterocycles. The summed E-state index contributed by atoms with van der Waals surface area (Å²) >= 11 is 0. The molecule has 1 atom stereocenters. The zero-order valence-corrected chi connectivity index (χ0v) is 11.5. The summed E-state index contributed by atoms with van der Waals surface area (Å²) in [5, 5.41) is 8.74. The fourth-order valence-corrected chi connectivity index (χ4v) is 2.55. The van der Waals surface area contributed by atoms with Crippen LogP contribution in [0.1, 0.15) is 22.3 Å². The minimum Gasteiger partial charge on any atom is -0.341 e. The monoisotopic (exact) mass is 257 g/mol. The molecule has 19 heavy (non-hydrogen) atoms. The van der Waals surface area contributed by atoms with Crippen molar-refractivity contribution < 1.29 is 4.79 Å². The molecule has 0 spiro atoms. The van der Waals surface area contributed by atoms with Crippen molar-refractivity contribution in [2.24, 2.45) is 5.92 Å². The van der Waals surface area contributed by atoms with Gasteiger partial charge in [-0.2, -0.15) is 5.26 Å². The van der Waals surface area contributed by atoms with E-state index < -0.39 is 0 Å². The molecule has 0 bridgehead atoms. The molecule has 100 valence electrons. The lowest BCUT2D eigenvalue weighted by molar-refractivity contribution is 0.0774. The summed E-state index contributed by atoms with van der Waals surface area (Å²) in [5.74, 6) is 0.594. The van der Waals surface area contributed by atoms with Crippen molar-refractivity contribution >= 4 is 5.91 Å². The molecule has 1 aliphatic rings. The molecule has 0 radical (unpaired) electrons. The van der Waals surface area contributed by atoms with Crippen LogP contribution in [-0.2, 0) is 0 Å². The molecule has 1 amide bonds. The first kappa shape index (κ1) is 13.6. The molecule has 1 saturated heterocycles. The van der Waals surface area contributed by atoms with Crippen LogP contribution in [0, 0.1) is 17.2 Å². The number of carbonyl (C=O) groups excluding carboxylic acids is 1. The van der Waals surface area contributed by atoms with Crippen LogP contribution in [0.5, 0.6) is 0 Å². The molecular weight excluding hydrogens is 238 g/mol. The van der Waals surface area contributed by atoms with Gasteiger partial charge in [-0.1, -0.05) is 0 Å². The number of hydrogen-bond donors (Lipinski definition) is 0. The third-order valence-electron chi connectivity index (χ3n) is 3.63. The van der Waals surface area contributed by atoms with Crippen LogP contribution in [0.3, 0.4) is 0 Å². The van der Waals surface area contributed by atoms with E-state index in [0.29, 0.717) is 17.0 Å². The third kappa shape index (κ3) is 3.33. The lowest BCUT2D eigenvalue weighted by atomic mass is 10.1. The maximum absolute atomic E-state index is 12.2. The highest BCUT2D eigenvalue weighted by Crippen LogP contribution is 2.16. The normalized spacial score (nSPS) is 19.1. The Labute approximate surface area is 114 Å². The van der Waals surface area contributed by atoms with E-state index in [9.17, 15) is 4.79 Å². The zero-order chi connectivity index (χ0) is 13.8. The lowest BCUT2D eigenvalue weighted by Crippen LogP contribution is -2.32. The van der Waals surface area contributed by atoms with Crippen LogP contribution in [-0.4, -0.2) is 49.4 Å². The number of carbonyl (C=O) groups is 1. The van der Waals surface area contributed by atoms with Gasteiger partial charge in [-0.25, -0.2) is 0 Å². The molecule has 1 heterocycles. The van der Waals surface area contributed by atoms with Crippen LogP contribution in [0.15, 0.2) is 24.3 Å². The van der Waals surface area contributed by atoms with Gasteiger partial charge in [0.2, 0.25) is 0 Å². The highest BCUT2D eigenvalue weighted by atomic mass is 16.2. The van der Waals surface area contributed by atoms with Crippen LogP contribution >= 0.6 is 0 Å². The molecule has 2 rings (SSSR count). The average molecular weight is 257 g/mol. The van der Waals surface area contributed by atoms with E-state index in [-0.39, 0.29) is 5.91 Å². The van der Waals surface area contributed by atoms with Crippen molar-refractivity contribution in [1.29, 1.82) is 5.26 Å². The molecule has 1 unspecified atom stereocenters. The van der Waals surface area contributed by atoms with Gasteiger partial charge in [0.25, 0.3) is 5.91 Å². The fraction of sp³-hybridized carbons (Fsp3) is 0.467. The van der Waals surface area contributed by atoms with Crippen molar-refractivity contribution in [1.82, 2.24) is 9.80 Å². The summed E-state index contributed by atoms with van der Waals surface area (Å²) in [6, 6.07) is 8.87. The number of hydrogen-bond acceptors (Lipinski definition) is 3. The van der Waals surface area contributed by atoms with Crippen LogP contribution < -0.4 is 0 Å². The van der Waals surface area contributed by atoms with Crippen molar-refractivity contribution in [3.05, 3.63) is 35.4 Å². The second kappa shape index (κ2) is 5.85. The number of benzene rings is 1. The predicted molar refractivity (Wildman–Crippen MR) is 73.7 cm³/mol. The lowest BCUT2D eigenvalue weighted by Gasteiger charge is -2.21. The SMILES string of the molecule is CN1CCC(CN(C)C(=O)c2ccc(C#N)cc2)C1.